The lowest BCUT2D eigenvalue weighted by atomic mass is 10.2. The minimum Gasteiger partial charge on any atom is -0.353 e. The minimum atomic E-state index is 0.803. The van der Waals surface area contributed by atoms with Crippen molar-refractivity contribution in [2.24, 2.45) is 0 Å². The van der Waals surface area contributed by atoms with Gasteiger partial charge in [-0.15, -0.1) is 0 Å². The summed E-state index contributed by atoms with van der Waals surface area (Å²) in [6.45, 7) is 3.70. The Bertz CT molecular complexity index is 1040. The normalized spacial score (nSPS) is 14.7. The van der Waals surface area contributed by atoms with Gasteiger partial charge in [-0.1, -0.05) is 18.2 Å². The van der Waals surface area contributed by atoms with E-state index < -0.39 is 0 Å². The number of anilines is 2. The topological polar surface area (TPSA) is 45.2 Å². The molecule has 0 bridgehead atoms. The van der Waals surface area contributed by atoms with E-state index in [1.54, 1.807) is 11.3 Å². The maximum Gasteiger partial charge on any atom is 0.162 e. The minimum absolute atomic E-state index is 0.803. The maximum atomic E-state index is 4.95. The molecule has 1 fully saturated rings. The molecule has 0 radical (unpaired) electrons. The zero-order chi connectivity index (χ0) is 18.1. The van der Waals surface area contributed by atoms with Crippen molar-refractivity contribution in [3.63, 3.8) is 0 Å². The van der Waals surface area contributed by atoms with Crippen LogP contribution in [0.5, 0.6) is 0 Å². The molecule has 1 aliphatic heterocycles. The standard InChI is InChI=1S/C21H19N5S/c1-2-6-18-17(5-1)21(24-20(23-18)16-8-14-27-15-16)26-12-10-25(11-13-26)19-7-3-4-9-22-19/h1-9,14-15H,10-13H2. The van der Waals surface area contributed by atoms with Gasteiger partial charge >= 0.3 is 0 Å². The molecule has 4 aromatic rings. The van der Waals surface area contributed by atoms with Gasteiger partial charge in [0, 0.05) is 48.7 Å². The largest absolute Gasteiger partial charge is 0.353 e. The lowest BCUT2D eigenvalue weighted by Gasteiger charge is -2.36. The number of benzene rings is 1. The van der Waals surface area contributed by atoms with Crippen LogP contribution in [0.3, 0.4) is 0 Å². The Hall–Kier alpha value is -2.99. The van der Waals surface area contributed by atoms with Crippen LogP contribution in [0.25, 0.3) is 22.3 Å². The summed E-state index contributed by atoms with van der Waals surface area (Å²) in [6, 6.07) is 16.4. The molecule has 5 nitrogen and oxygen atoms in total. The summed E-state index contributed by atoms with van der Waals surface area (Å²) < 4.78 is 0. The molecule has 4 heterocycles. The van der Waals surface area contributed by atoms with Crippen LogP contribution in [0.2, 0.25) is 0 Å². The molecule has 0 spiro atoms. The number of aromatic nitrogens is 3. The molecule has 0 amide bonds. The highest BCUT2D eigenvalue weighted by Crippen LogP contribution is 2.29. The molecule has 1 aliphatic rings. The highest BCUT2D eigenvalue weighted by atomic mass is 32.1. The van der Waals surface area contributed by atoms with Gasteiger partial charge in [0.25, 0.3) is 0 Å². The lowest BCUT2D eigenvalue weighted by molar-refractivity contribution is 0.643. The summed E-state index contributed by atoms with van der Waals surface area (Å²) in [5.74, 6) is 2.88. The van der Waals surface area contributed by atoms with Crippen molar-refractivity contribution < 1.29 is 0 Å². The van der Waals surface area contributed by atoms with Gasteiger partial charge in [-0.25, -0.2) is 15.0 Å². The first-order valence-electron chi connectivity index (χ1n) is 9.09. The highest BCUT2D eigenvalue weighted by molar-refractivity contribution is 7.08. The van der Waals surface area contributed by atoms with E-state index in [4.69, 9.17) is 9.97 Å². The molecule has 6 heteroatoms. The van der Waals surface area contributed by atoms with E-state index >= 15 is 0 Å². The average Bonchev–Trinajstić information content (AvgIpc) is 3.29. The maximum absolute atomic E-state index is 4.95. The van der Waals surface area contributed by atoms with Crippen LogP contribution >= 0.6 is 11.3 Å². The second-order valence-electron chi connectivity index (χ2n) is 6.56. The quantitative estimate of drug-likeness (QED) is 0.541. The van der Waals surface area contributed by atoms with E-state index in [0.717, 1.165) is 60.1 Å². The van der Waals surface area contributed by atoms with Gasteiger partial charge in [0.2, 0.25) is 0 Å². The molecular weight excluding hydrogens is 354 g/mol. The molecule has 134 valence electrons. The SMILES string of the molecule is c1ccc(N2CCN(c3nc(-c4ccsc4)nc4ccccc34)CC2)nc1. The van der Waals surface area contributed by atoms with Gasteiger partial charge in [-0.3, -0.25) is 0 Å². The van der Waals surface area contributed by atoms with E-state index in [2.05, 4.69) is 55.9 Å². The third kappa shape index (κ3) is 3.13. The molecule has 0 N–H and O–H groups in total. The summed E-state index contributed by atoms with van der Waals surface area (Å²) in [5.41, 5.74) is 2.08. The number of para-hydroxylation sites is 1. The number of hydrogen-bond acceptors (Lipinski definition) is 6. The van der Waals surface area contributed by atoms with E-state index in [-0.39, 0.29) is 0 Å². The van der Waals surface area contributed by atoms with Gasteiger partial charge in [0.05, 0.1) is 5.52 Å². The number of pyridine rings is 1. The Morgan fingerprint density at radius 2 is 1.63 bits per heavy atom. The second-order valence-corrected chi connectivity index (χ2v) is 7.34. The number of piperazine rings is 1. The van der Waals surface area contributed by atoms with Gasteiger partial charge in [0.1, 0.15) is 11.6 Å². The van der Waals surface area contributed by atoms with Crippen LogP contribution < -0.4 is 9.80 Å². The van der Waals surface area contributed by atoms with E-state index in [9.17, 15) is 0 Å². The zero-order valence-electron chi connectivity index (χ0n) is 14.8. The number of hydrogen-bond donors (Lipinski definition) is 0. The van der Waals surface area contributed by atoms with Crippen LogP contribution in [-0.2, 0) is 0 Å². The van der Waals surface area contributed by atoms with Crippen molar-refractivity contribution in [1.29, 1.82) is 0 Å². The van der Waals surface area contributed by atoms with Gasteiger partial charge in [0.15, 0.2) is 5.82 Å². The number of rotatable bonds is 3. The van der Waals surface area contributed by atoms with Gasteiger partial charge in [-0.05, 0) is 35.7 Å². The summed E-state index contributed by atoms with van der Waals surface area (Å²) >= 11 is 1.67. The number of fused-ring (bicyclic) bond motifs is 1. The molecular formula is C21H19N5S. The Balaban J connectivity index is 1.48. The third-order valence-electron chi connectivity index (χ3n) is 4.91. The van der Waals surface area contributed by atoms with Crippen LogP contribution in [0, 0.1) is 0 Å². The smallest absolute Gasteiger partial charge is 0.162 e. The Labute approximate surface area is 162 Å². The van der Waals surface area contributed by atoms with Crippen molar-refractivity contribution in [2.45, 2.75) is 0 Å². The van der Waals surface area contributed by atoms with Crippen molar-refractivity contribution in [3.05, 3.63) is 65.5 Å². The summed E-state index contributed by atoms with van der Waals surface area (Å²) in [7, 11) is 0. The molecule has 1 aromatic carbocycles. The average molecular weight is 373 g/mol. The molecule has 27 heavy (non-hydrogen) atoms. The number of nitrogens with zero attached hydrogens (tertiary/aromatic N) is 5. The predicted octanol–water partition coefficient (Wildman–Crippen LogP) is 4.08. The molecule has 0 atom stereocenters. The zero-order valence-corrected chi connectivity index (χ0v) is 15.6. The third-order valence-corrected chi connectivity index (χ3v) is 5.60. The van der Waals surface area contributed by atoms with Gasteiger partial charge in [-0.2, -0.15) is 11.3 Å². The summed E-state index contributed by atoms with van der Waals surface area (Å²) in [5, 5.41) is 5.29. The van der Waals surface area contributed by atoms with E-state index in [1.807, 2.05) is 24.4 Å². The van der Waals surface area contributed by atoms with Crippen LogP contribution in [0.4, 0.5) is 11.6 Å². The fourth-order valence-electron chi connectivity index (χ4n) is 3.51. The predicted molar refractivity (Wildman–Crippen MR) is 112 cm³/mol. The molecule has 0 unspecified atom stereocenters. The van der Waals surface area contributed by atoms with Gasteiger partial charge < -0.3 is 9.80 Å². The monoisotopic (exact) mass is 373 g/mol. The first-order valence-corrected chi connectivity index (χ1v) is 10.0. The van der Waals surface area contributed by atoms with Crippen molar-refractivity contribution in [3.8, 4) is 11.4 Å². The summed E-state index contributed by atoms with van der Waals surface area (Å²) in [4.78, 5) is 18.9. The molecule has 3 aromatic heterocycles. The Kier molecular flexibility index (Phi) is 4.18. The highest BCUT2D eigenvalue weighted by Gasteiger charge is 2.21. The van der Waals surface area contributed by atoms with Crippen molar-refractivity contribution >= 4 is 33.9 Å². The number of thiophene rings is 1. The molecule has 1 saturated heterocycles. The fraction of sp³-hybridized carbons (Fsp3) is 0.190. The summed E-state index contributed by atoms with van der Waals surface area (Å²) in [6.07, 6.45) is 1.85. The first-order chi connectivity index (χ1) is 13.4. The van der Waals surface area contributed by atoms with Crippen molar-refractivity contribution in [1.82, 2.24) is 15.0 Å². The molecule has 0 aliphatic carbocycles. The van der Waals surface area contributed by atoms with Crippen LogP contribution in [-0.4, -0.2) is 41.1 Å². The second kappa shape index (κ2) is 6.96. The Morgan fingerprint density at radius 3 is 2.41 bits per heavy atom. The molecule has 0 saturated carbocycles. The van der Waals surface area contributed by atoms with Crippen LogP contribution in [0.15, 0.2) is 65.5 Å². The molecule has 5 rings (SSSR count). The fourth-order valence-corrected chi connectivity index (χ4v) is 4.14. The van der Waals surface area contributed by atoms with E-state index in [0.29, 0.717) is 0 Å². The Morgan fingerprint density at radius 1 is 0.815 bits per heavy atom. The van der Waals surface area contributed by atoms with Crippen LogP contribution in [0.1, 0.15) is 0 Å². The van der Waals surface area contributed by atoms with Crippen molar-refractivity contribution in [2.75, 3.05) is 36.0 Å². The lowest BCUT2D eigenvalue weighted by Crippen LogP contribution is -2.47. The first kappa shape index (κ1) is 16.2. The van der Waals surface area contributed by atoms with E-state index in [1.165, 1.54) is 0 Å².